The van der Waals surface area contributed by atoms with E-state index in [1.54, 1.807) is 0 Å². The van der Waals surface area contributed by atoms with Gasteiger partial charge in [-0.25, -0.2) is 10.9 Å². The second-order valence-electron chi connectivity index (χ2n) is 2.98. The molecule has 0 amide bonds. The van der Waals surface area contributed by atoms with Crippen LogP contribution in [0.5, 0.6) is 0 Å². The van der Waals surface area contributed by atoms with Gasteiger partial charge in [0.05, 0.1) is 6.10 Å². The van der Waals surface area contributed by atoms with Gasteiger partial charge in [-0.1, -0.05) is 6.42 Å². The predicted octanol–water partition coefficient (Wildman–Crippen LogP) is -0.275. The molecule has 1 saturated carbocycles. The minimum absolute atomic E-state index is 0.0573. The minimum Gasteiger partial charge on any atom is -0.390 e. The highest BCUT2D eigenvalue weighted by atomic mass is 16.3. The van der Waals surface area contributed by atoms with Gasteiger partial charge in [0.25, 0.3) is 0 Å². The lowest BCUT2D eigenvalue weighted by Gasteiger charge is -2.23. The molecule has 3 heteroatoms. The summed E-state index contributed by atoms with van der Waals surface area (Å²) in [5.41, 5.74) is 5.94. The lowest BCUT2D eigenvalue weighted by Crippen LogP contribution is -2.37. The summed E-state index contributed by atoms with van der Waals surface area (Å²) in [7, 11) is 0. The zero-order chi connectivity index (χ0) is 6.32. The van der Waals surface area contributed by atoms with Crippen molar-refractivity contribution >= 4 is 0 Å². The van der Waals surface area contributed by atoms with Crippen LogP contribution < -0.4 is 10.9 Å². The predicted molar refractivity (Wildman–Crippen MR) is 33.5 cm³/mol. The Hall–Kier alpha value is -0.120. The Morgan fingerprint density at radius 1 is 1.33 bits per heavy atom. The third kappa shape index (κ3) is 0.764. The molecule has 2 fully saturated rings. The van der Waals surface area contributed by atoms with Gasteiger partial charge < -0.3 is 5.11 Å². The summed E-state index contributed by atoms with van der Waals surface area (Å²) in [5, 5.41) is 9.37. The summed E-state index contributed by atoms with van der Waals surface area (Å²) in [4.78, 5) is 0. The number of aliphatic hydroxyl groups is 1. The Morgan fingerprint density at radius 2 is 2.11 bits per heavy atom. The third-order valence-electron chi connectivity index (χ3n) is 2.31. The zero-order valence-electron chi connectivity index (χ0n) is 5.35. The van der Waals surface area contributed by atoms with Crippen LogP contribution in [0.4, 0.5) is 0 Å². The van der Waals surface area contributed by atoms with Gasteiger partial charge >= 0.3 is 0 Å². The van der Waals surface area contributed by atoms with Crippen LogP contribution in [0.25, 0.3) is 0 Å². The van der Waals surface area contributed by atoms with E-state index in [1.165, 1.54) is 12.8 Å². The average Bonchev–Trinajstić information content (AvgIpc) is 2.60. The topological polar surface area (TPSA) is 64.1 Å². The SMILES string of the molecule is O[C@@H]1CCCCC12NN2. The van der Waals surface area contributed by atoms with Gasteiger partial charge in [-0.15, -0.1) is 0 Å². The Labute approximate surface area is 54.4 Å². The number of hydrazine groups is 1. The van der Waals surface area contributed by atoms with Crippen molar-refractivity contribution in [3.8, 4) is 0 Å². The van der Waals surface area contributed by atoms with Crippen molar-refractivity contribution in [1.29, 1.82) is 0 Å². The lowest BCUT2D eigenvalue weighted by molar-refractivity contribution is 0.0874. The van der Waals surface area contributed by atoms with Gasteiger partial charge in [0.1, 0.15) is 5.66 Å². The van der Waals surface area contributed by atoms with E-state index in [9.17, 15) is 5.11 Å². The maximum atomic E-state index is 9.37. The quantitative estimate of drug-likeness (QED) is 0.393. The molecule has 3 nitrogen and oxygen atoms in total. The fourth-order valence-corrected chi connectivity index (χ4v) is 1.53. The van der Waals surface area contributed by atoms with Gasteiger partial charge in [-0.05, 0) is 19.3 Å². The van der Waals surface area contributed by atoms with Crippen molar-refractivity contribution in [2.45, 2.75) is 37.5 Å². The molecule has 2 aliphatic rings. The van der Waals surface area contributed by atoms with Crippen LogP contribution in [0.2, 0.25) is 0 Å². The Kier molecular flexibility index (Phi) is 1.06. The molecule has 1 heterocycles. The summed E-state index contributed by atoms with van der Waals surface area (Å²) in [6, 6.07) is 0. The molecule has 1 saturated heterocycles. The van der Waals surface area contributed by atoms with Crippen LogP contribution in [0.15, 0.2) is 0 Å². The van der Waals surface area contributed by atoms with E-state index in [2.05, 4.69) is 10.9 Å². The van der Waals surface area contributed by atoms with Crippen LogP contribution in [0.1, 0.15) is 25.7 Å². The smallest absolute Gasteiger partial charge is 0.120 e. The van der Waals surface area contributed by atoms with Crippen LogP contribution in [-0.2, 0) is 0 Å². The number of hydrogen-bond acceptors (Lipinski definition) is 3. The molecule has 1 aliphatic heterocycles. The number of aliphatic hydroxyl groups excluding tert-OH is 1. The van der Waals surface area contributed by atoms with Crippen LogP contribution >= 0.6 is 0 Å². The number of hydrogen-bond donors (Lipinski definition) is 3. The molecular formula is C6H12N2O. The highest BCUT2D eigenvalue weighted by Gasteiger charge is 2.49. The monoisotopic (exact) mass is 128 g/mol. The van der Waals surface area contributed by atoms with Gasteiger partial charge in [0.15, 0.2) is 0 Å². The van der Waals surface area contributed by atoms with Crippen LogP contribution in [0, 0.1) is 0 Å². The molecule has 0 aromatic heterocycles. The van der Waals surface area contributed by atoms with Gasteiger partial charge in [-0.2, -0.15) is 0 Å². The fraction of sp³-hybridized carbons (Fsp3) is 1.00. The van der Waals surface area contributed by atoms with E-state index in [-0.39, 0.29) is 11.8 Å². The van der Waals surface area contributed by atoms with E-state index in [1.807, 2.05) is 0 Å². The maximum absolute atomic E-state index is 9.37. The highest BCUT2D eigenvalue weighted by Crippen LogP contribution is 2.31. The molecule has 1 atom stereocenters. The molecule has 2 rings (SSSR count). The minimum atomic E-state index is -0.161. The molecule has 0 aromatic rings. The van der Waals surface area contributed by atoms with Crippen molar-refractivity contribution in [2.75, 3.05) is 0 Å². The largest absolute Gasteiger partial charge is 0.390 e. The first-order valence-corrected chi connectivity index (χ1v) is 3.56. The Balaban J connectivity index is 2.03. The van der Waals surface area contributed by atoms with E-state index in [4.69, 9.17) is 0 Å². The second kappa shape index (κ2) is 1.68. The first kappa shape index (κ1) is 5.65. The van der Waals surface area contributed by atoms with E-state index in [0.717, 1.165) is 12.8 Å². The first-order chi connectivity index (χ1) is 4.33. The lowest BCUT2D eigenvalue weighted by atomic mass is 9.90. The first-order valence-electron chi connectivity index (χ1n) is 3.56. The van der Waals surface area contributed by atoms with Crippen molar-refractivity contribution < 1.29 is 5.11 Å². The van der Waals surface area contributed by atoms with Gasteiger partial charge in [0.2, 0.25) is 0 Å². The fourth-order valence-electron chi connectivity index (χ4n) is 1.53. The summed E-state index contributed by atoms with van der Waals surface area (Å²) >= 11 is 0. The Bertz CT molecular complexity index is 122. The summed E-state index contributed by atoms with van der Waals surface area (Å²) in [6.45, 7) is 0. The van der Waals surface area contributed by atoms with Crippen molar-refractivity contribution in [1.82, 2.24) is 10.9 Å². The molecule has 0 radical (unpaired) electrons. The molecule has 3 N–H and O–H groups in total. The zero-order valence-corrected chi connectivity index (χ0v) is 5.35. The Morgan fingerprint density at radius 3 is 2.56 bits per heavy atom. The van der Waals surface area contributed by atoms with Crippen LogP contribution in [-0.4, -0.2) is 16.9 Å². The van der Waals surface area contributed by atoms with E-state index < -0.39 is 0 Å². The maximum Gasteiger partial charge on any atom is 0.120 e. The molecule has 1 spiro atoms. The molecule has 52 valence electrons. The molecule has 0 unspecified atom stereocenters. The van der Waals surface area contributed by atoms with Crippen molar-refractivity contribution in [2.24, 2.45) is 0 Å². The summed E-state index contributed by atoms with van der Waals surface area (Å²) in [6.07, 6.45) is 4.27. The van der Waals surface area contributed by atoms with E-state index >= 15 is 0 Å². The summed E-state index contributed by atoms with van der Waals surface area (Å²) < 4.78 is 0. The van der Waals surface area contributed by atoms with Crippen LogP contribution in [0.3, 0.4) is 0 Å². The molecular weight excluding hydrogens is 116 g/mol. The molecule has 0 aromatic carbocycles. The molecule has 1 aliphatic carbocycles. The van der Waals surface area contributed by atoms with E-state index in [0.29, 0.717) is 0 Å². The van der Waals surface area contributed by atoms with Crippen molar-refractivity contribution in [3.05, 3.63) is 0 Å². The number of nitrogens with one attached hydrogen (secondary N) is 2. The standard InChI is InChI=1S/C6H12N2O/c9-5-3-1-2-4-6(5)7-8-6/h5,7-9H,1-4H2/t5-/m1/s1. The normalized spacial score (nSPS) is 39.0. The second-order valence-corrected chi connectivity index (χ2v) is 2.98. The molecule has 0 bridgehead atoms. The average molecular weight is 128 g/mol. The highest BCUT2D eigenvalue weighted by molar-refractivity contribution is 5.02. The molecule has 9 heavy (non-hydrogen) atoms. The summed E-state index contributed by atoms with van der Waals surface area (Å²) in [5.74, 6) is 0. The van der Waals surface area contributed by atoms with Gasteiger partial charge in [-0.3, -0.25) is 0 Å². The van der Waals surface area contributed by atoms with Gasteiger partial charge in [0, 0.05) is 0 Å². The number of rotatable bonds is 0. The van der Waals surface area contributed by atoms with Crippen molar-refractivity contribution in [3.63, 3.8) is 0 Å². The third-order valence-corrected chi connectivity index (χ3v) is 2.31.